The molecule has 1 aliphatic rings. The van der Waals surface area contributed by atoms with Crippen LogP contribution in [0.1, 0.15) is 36.0 Å². The van der Waals surface area contributed by atoms with Gasteiger partial charge in [-0.25, -0.2) is 0 Å². The lowest BCUT2D eigenvalue weighted by Crippen LogP contribution is -2.38. The molecule has 0 aliphatic heterocycles. The van der Waals surface area contributed by atoms with Gasteiger partial charge in [-0.15, -0.1) is 0 Å². The molecule has 1 amide bonds. The van der Waals surface area contributed by atoms with Gasteiger partial charge in [0.05, 0.1) is 17.0 Å². The summed E-state index contributed by atoms with van der Waals surface area (Å²) < 4.78 is 0. The Kier molecular flexibility index (Phi) is 4.07. The van der Waals surface area contributed by atoms with Crippen molar-refractivity contribution in [2.45, 2.75) is 31.7 Å². The number of aromatic amines is 1. The molecule has 116 valence electrons. The largest absolute Gasteiger partial charge is 0.481 e. The number of hydrogen-bond donors (Lipinski definition) is 3. The molecule has 1 heterocycles. The van der Waals surface area contributed by atoms with Crippen LogP contribution in [0.2, 0.25) is 5.02 Å². The average molecular weight is 321 g/mol. The summed E-state index contributed by atoms with van der Waals surface area (Å²) in [6.45, 7) is 0. The van der Waals surface area contributed by atoms with E-state index in [1.165, 1.54) is 0 Å². The molecule has 0 radical (unpaired) electrons. The van der Waals surface area contributed by atoms with E-state index in [1.54, 1.807) is 18.3 Å². The minimum atomic E-state index is -0.740. The van der Waals surface area contributed by atoms with E-state index in [1.807, 2.05) is 6.07 Å². The fourth-order valence-corrected chi connectivity index (χ4v) is 3.28. The smallest absolute Gasteiger partial charge is 0.306 e. The standard InChI is InChI=1S/C16H17ClN2O3/c17-13-6-5-12(14-11(13)7-8-18-14)15(20)19-10-3-1-9(2-4-10)16(21)22/h5-10,18H,1-4H2,(H,19,20)(H,21,22)/t9-,10+. The third-order valence-electron chi connectivity index (χ3n) is 4.33. The Morgan fingerprint density at radius 1 is 1.18 bits per heavy atom. The molecule has 1 aromatic heterocycles. The Bertz CT molecular complexity index is 717. The van der Waals surface area contributed by atoms with Crippen molar-refractivity contribution in [2.75, 3.05) is 0 Å². The molecule has 1 fully saturated rings. The normalized spacial score (nSPS) is 21.7. The van der Waals surface area contributed by atoms with Crippen LogP contribution >= 0.6 is 11.6 Å². The lowest BCUT2D eigenvalue weighted by molar-refractivity contribution is -0.142. The van der Waals surface area contributed by atoms with Gasteiger partial charge in [-0.2, -0.15) is 0 Å². The van der Waals surface area contributed by atoms with E-state index in [0.29, 0.717) is 36.3 Å². The molecule has 2 aromatic rings. The molecule has 0 atom stereocenters. The van der Waals surface area contributed by atoms with Crippen LogP contribution in [0.15, 0.2) is 24.4 Å². The fourth-order valence-electron chi connectivity index (χ4n) is 3.06. The molecule has 3 N–H and O–H groups in total. The molecule has 3 rings (SSSR count). The van der Waals surface area contributed by atoms with Crippen LogP contribution in [0.5, 0.6) is 0 Å². The van der Waals surface area contributed by atoms with E-state index in [4.69, 9.17) is 16.7 Å². The maximum Gasteiger partial charge on any atom is 0.306 e. The van der Waals surface area contributed by atoms with Gasteiger partial charge in [0.2, 0.25) is 0 Å². The van der Waals surface area contributed by atoms with E-state index in [0.717, 1.165) is 10.9 Å². The van der Waals surface area contributed by atoms with Crippen molar-refractivity contribution in [1.29, 1.82) is 0 Å². The molecule has 1 aliphatic carbocycles. The number of fused-ring (bicyclic) bond motifs is 1. The van der Waals surface area contributed by atoms with Crippen LogP contribution in [0, 0.1) is 5.92 Å². The Morgan fingerprint density at radius 2 is 1.91 bits per heavy atom. The number of aromatic nitrogens is 1. The van der Waals surface area contributed by atoms with Gasteiger partial charge in [0.25, 0.3) is 5.91 Å². The summed E-state index contributed by atoms with van der Waals surface area (Å²) in [5.74, 6) is -1.17. The van der Waals surface area contributed by atoms with E-state index in [-0.39, 0.29) is 17.9 Å². The van der Waals surface area contributed by atoms with Crippen LogP contribution < -0.4 is 5.32 Å². The summed E-state index contributed by atoms with van der Waals surface area (Å²) in [5.41, 5.74) is 1.29. The molecule has 0 spiro atoms. The number of rotatable bonds is 3. The highest BCUT2D eigenvalue weighted by Gasteiger charge is 2.27. The zero-order valence-electron chi connectivity index (χ0n) is 11.9. The van der Waals surface area contributed by atoms with Crippen molar-refractivity contribution in [3.63, 3.8) is 0 Å². The van der Waals surface area contributed by atoms with Gasteiger partial charge in [-0.1, -0.05) is 11.6 Å². The fraction of sp³-hybridized carbons (Fsp3) is 0.375. The minimum Gasteiger partial charge on any atom is -0.481 e. The summed E-state index contributed by atoms with van der Waals surface area (Å²) >= 11 is 6.11. The van der Waals surface area contributed by atoms with Gasteiger partial charge in [0.1, 0.15) is 0 Å². The number of halogens is 1. The van der Waals surface area contributed by atoms with Crippen molar-refractivity contribution < 1.29 is 14.7 Å². The first-order valence-corrected chi connectivity index (χ1v) is 7.73. The number of aliphatic carboxylic acids is 1. The first kappa shape index (κ1) is 14.9. The van der Waals surface area contributed by atoms with Crippen LogP contribution in [-0.2, 0) is 4.79 Å². The number of carboxylic acids is 1. The molecule has 0 bridgehead atoms. The Morgan fingerprint density at radius 3 is 2.59 bits per heavy atom. The van der Waals surface area contributed by atoms with Crippen LogP contribution in [-0.4, -0.2) is 28.0 Å². The van der Waals surface area contributed by atoms with E-state index in [2.05, 4.69) is 10.3 Å². The van der Waals surface area contributed by atoms with E-state index < -0.39 is 5.97 Å². The highest BCUT2D eigenvalue weighted by molar-refractivity contribution is 6.36. The number of hydrogen-bond acceptors (Lipinski definition) is 2. The average Bonchev–Trinajstić information content (AvgIpc) is 2.98. The van der Waals surface area contributed by atoms with Gasteiger partial charge < -0.3 is 15.4 Å². The quantitative estimate of drug-likeness (QED) is 0.812. The Hall–Kier alpha value is -2.01. The maximum absolute atomic E-state index is 12.5. The number of amides is 1. The van der Waals surface area contributed by atoms with Crippen molar-refractivity contribution in [3.05, 3.63) is 35.0 Å². The molecule has 1 aromatic carbocycles. The second-order valence-electron chi connectivity index (χ2n) is 5.72. The molecular weight excluding hydrogens is 304 g/mol. The molecular formula is C16H17ClN2O3. The monoisotopic (exact) mass is 320 g/mol. The zero-order chi connectivity index (χ0) is 15.7. The van der Waals surface area contributed by atoms with E-state index in [9.17, 15) is 9.59 Å². The lowest BCUT2D eigenvalue weighted by Gasteiger charge is -2.26. The Labute approximate surface area is 132 Å². The SMILES string of the molecule is O=C(N[C@H]1CC[C@@H](C(=O)O)CC1)c1ccc(Cl)c2cc[nH]c12. The minimum absolute atomic E-state index is 0.0313. The van der Waals surface area contributed by atoms with Crippen LogP contribution in [0.25, 0.3) is 10.9 Å². The lowest BCUT2D eigenvalue weighted by atomic mass is 9.86. The van der Waals surface area contributed by atoms with Gasteiger partial charge in [0.15, 0.2) is 0 Å². The van der Waals surface area contributed by atoms with Crippen molar-refractivity contribution in [2.24, 2.45) is 5.92 Å². The molecule has 22 heavy (non-hydrogen) atoms. The predicted molar refractivity (Wildman–Crippen MR) is 84.2 cm³/mol. The number of carbonyl (C=O) groups is 2. The van der Waals surface area contributed by atoms with Gasteiger partial charge >= 0.3 is 5.97 Å². The number of benzene rings is 1. The summed E-state index contributed by atoms with van der Waals surface area (Å²) in [5, 5.41) is 13.4. The van der Waals surface area contributed by atoms with Gasteiger partial charge in [-0.3, -0.25) is 9.59 Å². The molecule has 1 saturated carbocycles. The topological polar surface area (TPSA) is 82.2 Å². The van der Waals surface area contributed by atoms with Crippen molar-refractivity contribution in [3.8, 4) is 0 Å². The summed E-state index contributed by atoms with van der Waals surface area (Å²) in [6, 6.07) is 5.30. The molecule has 6 heteroatoms. The molecule has 0 unspecified atom stereocenters. The summed E-state index contributed by atoms with van der Waals surface area (Å²) in [6.07, 6.45) is 4.37. The number of H-pyrrole nitrogens is 1. The third kappa shape index (κ3) is 2.81. The number of carbonyl (C=O) groups excluding carboxylic acids is 1. The highest BCUT2D eigenvalue weighted by atomic mass is 35.5. The first-order valence-electron chi connectivity index (χ1n) is 7.35. The van der Waals surface area contributed by atoms with E-state index >= 15 is 0 Å². The summed E-state index contributed by atoms with van der Waals surface area (Å²) in [4.78, 5) is 26.5. The van der Waals surface area contributed by atoms with Crippen molar-refractivity contribution >= 4 is 34.4 Å². The maximum atomic E-state index is 12.5. The molecule has 0 saturated heterocycles. The number of carboxylic acid groups (broad SMARTS) is 1. The van der Waals surface area contributed by atoms with Crippen LogP contribution in [0.3, 0.4) is 0 Å². The number of nitrogens with one attached hydrogen (secondary N) is 2. The van der Waals surface area contributed by atoms with Crippen molar-refractivity contribution in [1.82, 2.24) is 10.3 Å². The van der Waals surface area contributed by atoms with Crippen LogP contribution in [0.4, 0.5) is 0 Å². The first-order chi connectivity index (χ1) is 10.6. The second-order valence-corrected chi connectivity index (χ2v) is 6.13. The zero-order valence-corrected chi connectivity index (χ0v) is 12.7. The third-order valence-corrected chi connectivity index (χ3v) is 4.66. The second kappa shape index (κ2) is 6.01. The van der Waals surface area contributed by atoms with Gasteiger partial charge in [0, 0.05) is 22.6 Å². The predicted octanol–water partition coefficient (Wildman–Crippen LogP) is 3.19. The molecule has 5 nitrogen and oxygen atoms in total. The summed E-state index contributed by atoms with van der Waals surface area (Å²) in [7, 11) is 0. The Balaban J connectivity index is 1.71. The highest BCUT2D eigenvalue weighted by Crippen LogP contribution is 2.27. The van der Waals surface area contributed by atoms with Gasteiger partial charge in [-0.05, 0) is 43.9 Å².